The Hall–Kier alpha value is -1.94. The van der Waals surface area contributed by atoms with Gasteiger partial charge in [-0.25, -0.2) is 9.13 Å². The zero-order valence-corrected chi connectivity index (χ0v) is 59.8. The van der Waals surface area contributed by atoms with Gasteiger partial charge in [0.15, 0.2) is 12.2 Å². The molecule has 0 fully saturated rings. The number of hydrogen-bond acceptors (Lipinski definition) is 15. The van der Waals surface area contributed by atoms with Gasteiger partial charge in [-0.3, -0.25) is 37.3 Å². The second-order valence-corrected chi connectivity index (χ2v) is 29.6. The lowest BCUT2D eigenvalue weighted by Crippen LogP contribution is -2.30. The minimum absolute atomic E-state index is 0.102. The average Bonchev–Trinajstić information content (AvgIpc) is 3.68. The quantitative estimate of drug-likeness (QED) is 0.0222. The maximum atomic E-state index is 13.0. The normalized spacial score (nSPS) is 14.9. The Morgan fingerprint density at radius 3 is 0.798 bits per heavy atom. The van der Waals surface area contributed by atoms with Gasteiger partial charge in [-0.1, -0.05) is 293 Å². The number of unbranched alkanes of at least 4 members (excludes halogenated alkanes) is 31. The summed E-state index contributed by atoms with van der Waals surface area (Å²) in [5.41, 5.74) is 0. The van der Waals surface area contributed by atoms with Crippen LogP contribution in [0.2, 0.25) is 0 Å². The van der Waals surface area contributed by atoms with Crippen LogP contribution in [-0.4, -0.2) is 96.7 Å². The maximum Gasteiger partial charge on any atom is 0.472 e. The van der Waals surface area contributed by atoms with E-state index in [0.29, 0.717) is 25.7 Å². The van der Waals surface area contributed by atoms with Crippen LogP contribution in [0.1, 0.15) is 344 Å². The van der Waals surface area contributed by atoms with Crippen LogP contribution in [0.15, 0.2) is 0 Å². The van der Waals surface area contributed by atoms with Crippen molar-refractivity contribution in [3.05, 3.63) is 0 Å². The molecule has 0 saturated heterocycles. The molecule has 0 aliphatic rings. The van der Waals surface area contributed by atoms with Crippen molar-refractivity contribution in [1.82, 2.24) is 0 Å². The van der Waals surface area contributed by atoms with Gasteiger partial charge in [0.2, 0.25) is 0 Å². The largest absolute Gasteiger partial charge is 0.472 e. The van der Waals surface area contributed by atoms with Gasteiger partial charge in [0, 0.05) is 25.7 Å². The molecule has 0 aromatic heterocycles. The Morgan fingerprint density at radius 1 is 0.315 bits per heavy atom. The topological polar surface area (TPSA) is 237 Å². The van der Waals surface area contributed by atoms with Gasteiger partial charge in [-0.05, 0) is 49.4 Å². The van der Waals surface area contributed by atoms with E-state index in [-0.39, 0.29) is 25.7 Å². The zero-order chi connectivity index (χ0) is 66.1. The van der Waals surface area contributed by atoms with E-state index in [1.165, 1.54) is 141 Å². The van der Waals surface area contributed by atoms with Crippen LogP contribution < -0.4 is 0 Å². The molecule has 19 heteroatoms. The molecule has 0 aliphatic carbocycles. The number of hydrogen-bond donors (Lipinski definition) is 3. The van der Waals surface area contributed by atoms with Crippen molar-refractivity contribution in [2.24, 2.45) is 23.7 Å². The molecule has 0 spiro atoms. The molecule has 0 radical (unpaired) electrons. The molecule has 17 nitrogen and oxygen atoms in total. The predicted molar refractivity (Wildman–Crippen MR) is 358 cm³/mol. The number of aliphatic hydroxyl groups excluding tert-OH is 1. The Morgan fingerprint density at radius 2 is 0.539 bits per heavy atom. The van der Waals surface area contributed by atoms with E-state index in [9.17, 15) is 43.2 Å². The molecule has 0 aromatic carbocycles. The van der Waals surface area contributed by atoms with Crippen LogP contribution in [0.3, 0.4) is 0 Å². The van der Waals surface area contributed by atoms with Crippen LogP contribution in [0.25, 0.3) is 0 Å². The summed E-state index contributed by atoms with van der Waals surface area (Å²) in [6.45, 7) is 14.1. The number of aliphatic hydroxyl groups is 1. The Kier molecular flexibility index (Phi) is 58.5. The first kappa shape index (κ1) is 87.1. The first-order valence-corrected chi connectivity index (χ1v) is 39.3. The Balaban J connectivity index is 5.24. The average molecular weight is 1310 g/mol. The molecule has 0 bridgehead atoms. The number of carbonyl (C=O) groups excluding carboxylic acids is 4. The van der Waals surface area contributed by atoms with Crippen LogP contribution in [-0.2, 0) is 65.4 Å². The predicted octanol–water partition coefficient (Wildman–Crippen LogP) is 19.7. The van der Waals surface area contributed by atoms with Gasteiger partial charge in [0.25, 0.3) is 0 Å². The van der Waals surface area contributed by atoms with Crippen LogP contribution >= 0.6 is 15.6 Å². The van der Waals surface area contributed by atoms with Gasteiger partial charge in [-0.15, -0.1) is 0 Å². The van der Waals surface area contributed by atoms with E-state index in [0.717, 1.165) is 120 Å². The number of phosphoric ester groups is 2. The lowest BCUT2D eigenvalue weighted by atomic mass is 10.00. The molecule has 0 amide bonds. The van der Waals surface area contributed by atoms with Crippen LogP contribution in [0, 0.1) is 23.7 Å². The molecule has 4 unspecified atom stereocenters. The number of carbonyl (C=O) groups is 4. The first-order valence-electron chi connectivity index (χ1n) is 36.3. The second-order valence-electron chi connectivity index (χ2n) is 26.7. The number of ether oxygens (including phenoxy) is 4. The molecular formula is C70H136O17P2. The molecule has 7 atom stereocenters. The molecule has 0 aromatic rings. The van der Waals surface area contributed by atoms with Crippen molar-refractivity contribution in [2.75, 3.05) is 39.6 Å². The molecule has 0 saturated carbocycles. The smallest absolute Gasteiger partial charge is 0.462 e. The summed E-state index contributed by atoms with van der Waals surface area (Å²) in [5, 5.41) is 10.6. The van der Waals surface area contributed by atoms with Gasteiger partial charge < -0.3 is 33.8 Å². The van der Waals surface area contributed by atoms with E-state index in [1.807, 2.05) is 0 Å². The van der Waals surface area contributed by atoms with Crippen molar-refractivity contribution < 1.29 is 80.2 Å². The van der Waals surface area contributed by atoms with Crippen LogP contribution in [0.5, 0.6) is 0 Å². The fourth-order valence-electron chi connectivity index (χ4n) is 10.4. The standard InChI is InChI=1S/C70H136O17P2/c1-9-62(7)48-40-32-26-28-35-43-51-68(73)81-57-65(86-69(74)52-44-36-25-21-17-13-15-19-23-31-39-47-61(5)6)58-84-88(76,77)82-54-64(71)55-83-89(78,79)85-59-66(87-70(75)53-45-37-29-27-33-41-49-63(8)10-2)56-80-67(72)50-42-34-24-20-16-12-11-14-18-22-30-38-46-60(3)4/h60-66,71H,9-59H2,1-8H3,(H,76,77)(H,78,79)/t62?,63?,64-,65+,66+/m0/s1. The van der Waals surface area contributed by atoms with Crippen molar-refractivity contribution in [3.8, 4) is 0 Å². The molecule has 0 aliphatic heterocycles. The molecular weight excluding hydrogens is 1170 g/mol. The number of phosphoric acid groups is 2. The second kappa shape index (κ2) is 59.8. The molecule has 89 heavy (non-hydrogen) atoms. The van der Waals surface area contributed by atoms with E-state index < -0.39 is 97.5 Å². The van der Waals surface area contributed by atoms with Gasteiger partial charge in [-0.2, -0.15) is 0 Å². The highest BCUT2D eigenvalue weighted by Gasteiger charge is 2.30. The van der Waals surface area contributed by atoms with Crippen molar-refractivity contribution in [3.63, 3.8) is 0 Å². The Labute approximate surface area is 543 Å². The maximum absolute atomic E-state index is 13.0. The molecule has 3 N–H and O–H groups in total. The fraction of sp³-hybridized carbons (Fsp3) is 0.943. The minimum Gasteiger partial charge on any atom is -0.462 e. The van der Waals surface area contributed by atoms with E-state index in [1.54, 1.807) is 0 Å². The summed E-state index contributed by atoms with van der Waals surface area (Å²) in [4.78, 5) is 72.5. The van der Waals surface area contributed by atoms with Crippen molar-refractivity contribution in [2.45, 2.75) is 363 Å². The summed E-state index contributed by atoms with van der Waals surface area (Å²) in [7, 11) is -9.90. The summed E-state index contributed by atoms with van der Waals surface area (Å²) < 4.78 is 68.3. The van der Waals surface area contributed by atoms with Gasteiger partial charge in [0.1, 0.15) is 19.3 Å². The lowest BCUT2D eigenvalue weighted by molar-refractivity contribution is -0.161. The summed E-state index contributed by atoms with van der Waals surface area (Å²) in [6, 6.07) is 0. The monoisotopic (exact) mass is 1310 g/mol. The molecule has 0 rings (SSSR count). The highest BCUT2D eigenvalue weighted by molar-refractivity contribution is 7.47. The zero-order valence-electron chi connectivity index (χ0n) is 58.1. The Bertz CT molecular complexity index is 1770. The van der Waals surface area contributed by atoms with Crippen LogP contribution in [0.4, 0.5) is 0 Å². The van der Waals surface area contributed by atoms with Gasteiger partial charge >= 0.3 is 39.5 Å². The highest BCUT2D eigenvalue weighted by atomic mass is 31.2. The summed E-state index contributed by atoms with van der Waals surface area (Å²) in [5.74, 6) is 0.866. The van der Waals surface area contributed by atoms with E-state index >= 15 is 0 Å². The van der Waals surface area contributed by atoms with E-state index in [4.69, 9.17) is 37.0 Å². The van der Waals surface area contributed by atoms with Crippen molar-refractivity contribution >= 4 is 39.5 Å². The number of esters is 4. The third-order valence-electron chi connectivity index (χ3n) is 16.8. The van der Waals surface area contributed by atoms with Crippen molar-refractivity contribution in [1.29, 1.82) is 0 Å². The fourth-order valence-corrected chi connectivity index (χ4v) is 12.0. The summed E-state index contributed by atoms with van der Waals surface area (Å²) in [6.07, 6.45) is 41.7. The minimum atomic E-state index is -4.95. The third-order valence-corrected chi connectivity index (χ3v) is 18.7. The van der Waals surface area contributed by atoms with E-state index in [2.05, 4.69) is 55.4 Å². The SMILES string of the molecule is CCC(C)CCCCCCCCC(=O)OC[C@H](COP(=O)(O)OC[C@H](O)COP(=O)(O)OC[C@@H](COC(=O)CCCCCCCCCCCCCCC(C)C)OC(=O)CCCCCCCCC(C)CC)OC(=O)CCCCCCCCCCCCCC(C)C. The van der Waals surface area contributed by atoms with Gasteiger partial charge in [0.05, 0.1) is 26.4 Å². The first-order chi connectivity index (χ1) is 42.7. The summed E-state index contributed by atoms with van der Waals surface area (Å²) >= 11 is 0. The third kappa shape index (κ3) is 62.0. The molecule has 0 heterocycles. The molecule has 528 valence electrons. The number of rotatable bonds is 67. The lowest BCUT2D eigenvalue weighted by Gasteiger charge is -2.21. The highest BCUT2D eigenvalue weighted by Crippen LogP contribution is 2.45.